The van der Waals surface area contributed by atoms with Crippen molar-refractivity contribution in [1.82, 2.24) is 0 Å². The average Bonchev–Trinajstić information content (AvgIpc) is 2.78. The molecular weight excluding hydrogens is 256 g/mol. The van der Waals surface area contributed by atoms with Crippen molar-refractivity contribution in [2.24, 2.45) is 0 Å². The second kappa shape index (κ2) is 7.76. The lowest BCUT2D eigenvalue weighted by atomic mass is 9.94. The molecule has 0 saturated carbocycles. The SMILES string of the molecule is CCO[C@@H]1CC(CCOOC)(C(=O)OC)OC1CO. The molecule has 1 aliphatic rings. The maximum atomic E-state index is 12.0. The number of hydrogen-bond donors (Lipinski definition) is 1. The first-order valence-electron chi connectivity index (χ1n) is 6.27. The molecule has 0 spiro atoms. The summed E-state index contributed by atoms with van der Waals surface area (Å²) in [7, 11) is 2.69. The molecule has 0 radical (unpaired) electrons. The lowest BCUT2D eigenvalue weighted by molar-refractivity contribution is -0.278. The van der Waals surface area contributed by atoms with Crippen LogP contribution in [0.25, 0.3) is 0 Å². The van der Waals surface area contributed by atoms with E-state index in [0.29, 0.717) is 13.0 Å². The topological polar surface area (TPSA) is 83.5 Å². The van der Waals surface area contributed by atoms with E-state index in [1.165, 1.54) is 14.2 Å². The third-order valence-electron chi connectivity index (χ3n) is 3.15. The van der Waals surface area contributed by atoms with Crippen LogP contribution in [0.2, 0.25) is 0 Å². The van der Waals surface area contributed by atoms with Gasteiger partial charge in [-0.15, -0.1) is 0 Å². The monoisotopic (exact) mass is 278 g/mol. The Labute approximate surface area is 112 Å². The summed E-state index contributed by atoms with van der Waals surface area (Å²) in [5.41, 5.74) is -1.15. The van der Waals surface area contributed by atoms with Crippen LogP contribution < -0.4 is 0 Å². The molecule has 0 bridgehead atoms. The highest BCUT2D eigenvalue weighted by atomic mass is 17.2. The van der Waals surface area contributed by atoms with Crippen LogP contribution in [-0.4, -0.2) is 62.9 Å². The molecule has 1 aliphatic heterocycles. The smallest absolute Gasteiger partial charge is 0.338 e. The van der Waals surface area contributed by atoms with Crippen molar-refractivity contribution < 1.29 is 33.9 Å². The molecule has 112 valence electrons. The molecule has 3 atom stereocenters. The van der Waals surface area contributed by atoms with E-state index < -0.39 is 17.7 Å². The molecule has 19 heavy (non-hydrogen) atoms. The average molecular weight is 278 g/mol. The summed E-state index contributed by atoms with van der Waals surface area (Å²) in [5, 5.41) is 9.31. The Balaban J connectivity index is 2.77. The predicted octanol–water partition coefficient (Wildman–Crippen LogP) is 0.0526. The fourth-order valence-electron chi connectivity index (χ4n) is 2.28. The first-order chi connectivity index (χ1) is 9.13. The first-order valence-corrected chi connectivity index (χ1v) is 6.27. The van der Waals surface area contributed by atoms with Crippen LogP contribution >= 0.6 is 0 Å². The summed E-state index contributed by atoms with van der Waals surface area (Å²) in [6, 6.07) is 0. The van der Waals surface area contributed by atoms with Gasteiger partial charge in [-0.3, -0.25) is 0 Å². The van der Waals surface area contributed by atoms with Gasteiger partial charge in [-0.05, 0) is 6.92 Å². The molecule has 0 amide bonds. The highest BCUT2D eigenvalue weighted by molar-refractivity contribution is 5.80. The van der Waals surface area contributed by atoms with Crippen molar-refractivity contribution in [1.29, 1.82) is 0 Å². The Kier molecular flexibility index (Phi) is 6.67. The van der Waals surface area contributed by atoms with Gasteiger partial charge in [0.2, 0.25) is 0 Å². The van der Waals surface area contributed by atoms with Gasteiger partial charge in [0.25, 0.3) is 0 Å². The van der Waals surface area contributed by atoms with Crippen molar-refractivity contribution >= 4 is 5.97 Å². The molecule has 7 heteroatoms. The van der Waals surface area contributed by atoms with Crippen LogP contribution in [0.5, 0.6) is 0 Å². The number of carbonyl (C=O) groups is 1. The van der Waals surface area contributed by atoms with E-state index in [1.807, 2.05) is 6.92 Å². The molecule has 0 aliphatic carbocycles. The van der Waals surface area contributed by atoms with Gasteiger partial charge in [0.1, 0.15) is 6.10 Å². The van der Waals surface area contributed by atoms with Crippen LogP contribution in [0.1, 0.15) is 19.8 Å². The fourth-order valence-corrected chi connectivity index (χ4v) is 2.28. The number of ether oxygens (including phenoxy) is 3. The standard InChI is InChI=1S/C12H22O7/c1-4-17-9-7-12(11(14)15-2,5-6-18-16-3)19-10(9)8-13/h9-10,13H,4-8H2,1-3H3/t9-,10?,12?/m1/s1. The van der Waals surface area contributed by atoms with Gasteiger partial charge in [0.15, 0.2) is 5.60 Å². The highest BCUT2D eigenvalue weighted by Crippen LogP contribution is 2.36. The van der Waals surface area contributed by atoms with Gasteiger partial charge in [0, 0.05) is 19.4 Å². The minimum Gasteiger partial charge on any atom is -0.467 e. The molecule has 1 heterocycles. The van der Waals surface area contributed by atoms with Gasteiger partial charge < -0.3 is 19.3 Å². The number of methoxy groups -OCH3 is 1. The van der Waals surface area contributed by atoms with Crippen molar-refractivity contribution in [3.63, 3.8) is 0 Å². The largest absolute Gasteiger partial charge is 0.467 e. The van der Waals surface area contributed by atoms with E-state index in [9.17, 15) is 9.90 Å². The lowest BCUT2D eigenvalue weighted by Crippen LogP contribution is -2.41. The summed E-state index contributed by atoms with van der Waals surface area (Å²) in [6.07, 6.45) is -0.280. The van der Waals surface area contributed by atoms with E-state index in [1.54, 1.807) is 0 Å². The molecule has 1 saturated heterocycles. The third-order valence-corrected chi connectivity index (χ3v) is 3.15. The van der Waals surface area contributed by atoms with E-state index in [0.717, 1.165) is 0 Å². The molecule has 1 fully saturated rings. The zero-order valence-corrected chi connectivity index (χ0v) is 11.6. The maximum Gasteiger partial charge on any atom is 0.338 e. The molecule has 1 rings (SSSR count). The summed E-state index contributed by atoms with van der Waals surface area (Å²) in [4.78, 5) is 21.2. The van der Waals surface area contributed by atoms with Crippen molar-refractivity contribution in [2.75, 3.05) is 34.0 Å². The molecular formula is C12H22O7. The third kappa shape index (κ3) is 3.87. The second-order valence-corrected chi connectivity index (χ2v) is 4.26. The Bertz CT molecular complexity index is 283. The van der Waals surface area contributed by atoms with Crippen molar-refractivity contribution in [2.45, 2.75) is 37.6 Å². The molecule has 1 N–H and O–H groups in total. The Morgan fingerprint density at radius 1 is 1.47 bits per heavy atom. The Morgan fingerprint density at radius 2 is 2.21 bits per heavy atom. The fraction of sp³-hybridized carbons (Fsp3) is 0.917. The van der Waals surface area contributed by atoms with Crippen LogP contribution in [0.3, 0.4) is 0 Å². The van der Waals surface area contributed by atoms with Gasteiger partial charge in [-0.25, -0.2) is 14.6 Å². The van der Waals surface area contributed by atoms with Gasteiger partial charge in [-0.1, -0.05) is 0 Å². The van der Waals surface area contributed by atoms with Crippen LogP contribution in [0.4, 0.5) is 0 Å². The highest BCUT2D eigenvalue weighted by Gasteiger charge is 2.52. The number of esters is 1. The van der Waals surface area contributed by atoms with Crippen LogP contribution in [0, 0.1) is 0 Å². The maximum absolute atomic E-state index is 12.0. The number of carbonyl (C=O) groups excluding carboxylic acids is 1. The number of rotatable bonds is 8. The van der Waals surface area contributed by atoms with Crippen LogP contribution in [0.15, 0.2) is 0 Å². The summed E-state index contributed by atoms with van der Waals surface area (Å²) in [5.74, 6) is -0.493. The second-order valence-electron chi connectivity index (χ2n) is 4.26. The quantitative estimate of drug-likeness (QED) is 0.291. The number of aliphatic hydroxyl groups is 1. The molecule has 7 nitrogen and oxygen atoms in total. The zero-order chi connectivity index (χ0) is 14.3. The van der Waals surface area contributed by atoms with Crippen LogP contribution in [-0.2, 0) is 28.8 Å². The van der Waals surface area contributed by atoms with Gasteiger partial charge in [0.05, 0.1) is 33.5 Å². The molecule has 2 unspecified atom stereocenters. The summed E-state index contributed by atoms with van der Waals surface area (Å²) in [6.45, 7) is 2.30. The normalized spacial score (nSPS) is 30.5. The molecule has 0 aromatic heterocycles. The van der Waals surface area contributed by atoms with E-state index in [4.69, 9.17) is 19.1 Å². The molecule has 0 aromatic carbocycles. The summed E-state index contributed by atoms with van der Waals surface area (Å²) >= 11 is 0. The minimum atomic E-state index is -1.15. The zero-order valence-electron chi connectivity index (χ0n) is 11.6. The van der Waals surface area contributed by atoms with Crippen molar-refractivity contribution in [3.8, 4) is 0 Å². The summed E-state index contributed by atoms with van der Waals surface area (Å²) < 4.78 is 16.0. The Morgan fingerprint density at radius 3 is 2.74 bits per heavy atom. The predicted molar refractivity (Wildman–Crippen MR) is 64.3 cm³/mol. The van der Waals surface area contributed by atoms with E-state index in [-0.39, 0.29) is 25.7 Å². The number of aliphatic hydroxyl groups excluding tert-OH is 1. The Hall–Kier alpha value is -0.730. The lowest BCUT2D eigenvalue weighted by Gasteiger charge is -2.25. The van der Waals surface area contributed by atoms with Crippen molar-refractivity contribution in [3.05, 3.63) is 0 Å². The number of hydrogen-bond acceptors (Lipinski definition) is 7. The minimum absolute atomic E-state index is 0.183. The van der Waals surface area contributed by atoms with Gasteiger partial charge >= 0.3 is 5.97 Å². The van der Waals surface area contributed by atoms with E-state index >= 15 is 0 Å². The first kappa shape index (κ1) is 16.3. The molecule has 0 aromatic rings. The van der Waals surface area contributed by atoms with E-state index in [2.05, 4.69) is 4.89 Å². The van der Waals surface area contributed by atoms with Gasteiger partial charge in [-0.2, -0.15) is 0 Å².